The number of methoxy groups -OCH3 is 3. The van der Waals surface area contributed by atoms with Gasteiger partial charge in [-0.25, -0.2) is 4.98 Å². The van der Waals surface area contributed by atoms with E-state index in [9.17, 15) is 0 Å². The maximum atomic E-state index is 5.51. The number of aromatic nitrogens is 2. The van der Waals surface area contributed by atoms with Gasteiger partial charge in [0.05, 0.1) is 27.0 Å². The van der Waals surface area contributed by atoms with E-state index < -0.39 is 0 Å². The number of hydrogen-bond donors (Lipinski definition) is 1. The van der Waals surface area contributed by atoms with Crippen LogP contribution in [0.1, 0.15) is 5.56 Å². The van der Waals surface area contributed by atoms with Gasteiger partial charge in [0.15, 0.2) is 11.5 Å². The minimum atomic E-state index is 0.654. The van der Waals surface area contributed by atoms with E-state index in [1.54, 1.807) is 21.3 Å². The molecule has 0 aliphatic heterocycles. The number of ether oxygens (including phenoxy) is 3. The van der Waals surface area contributed by atoms with Crippen LogP contribution in [0.4, 0.5) is 11.5 Å². The number of nitrogens with one attached hydrogen (secondary N) is 1. The highest BCUT2D eigenvalue weighted by Crippen LogP contribution is 2.38. The molecule has 0 fully saturated rings. The number of nitrogens with zero attached hydrogens (tertiary/aromatic N) is 2. The summed E-state index contributed by atoms with van der Waals surface area (Å²) in [6.07, 6.45) is 2.01. The molecule has 4 aromatic rings. The average molecular weight is 389 g/mol. The third-order valence-electron chi connectivity index (χ3n) is 4.80. The fourth-order valence-corrected chi connectivity index (χ4v) is 3.33. The van der Waals surface area contributed by atoms with Gasteiger partial charge < -0.3 is 19.5 Å². The Morgan fingerprint density at radius 3 is 2.34 bits per heavy atom. The molecule has 0 saturated carbocycles. The van der Waals surface area contributed by atoms with Crippen molar-refractivity contribution in [3.8, 4) is 28.5 Å². The lowest BCUT2D eigenvalue weighted by atomic mass is 10.1. The van der Waals surface area contributed by atoms with Crippen molar-refractivity contribution >= 4 is 17.2 Å². The van der Waals surface area contributed by atoms with E-state index in [1.165, 1.54) is 0 Å². The second kappa shape index (κ2) is 7.75. The van der Waals surface area contributed by atoms with E-state index in [2.05, 4.69) is 24.4 Å². The Morgan fingerprint density at radius 1 is 0.828 bits per heavy atom. The SMILES string of the molecule is COc1ccccc1Nc1c(-c2ccc(OC)c(OC)c2)nc2cc(C)ccn12. The van der Waals surface area contributed by atoms with Crippen molar-refractivity contribution in [2.75, 3.05) is 26.6 Å². The summed E-state index contributed by atoms with van der Waals surface area (Å²) in [5.41, 5.74) is 4.58. The van der Waals surface area contributed by atoms with Crippen LogP contribution in [0.25, 0.3) is 16.9 Å². The predicted molar refractivity (Wildman–Crippen MR) is 115 cm³/mol. The maximum absolute atomic E-state index is 5.51. The number of rotatable bonds is 6. The first-order chi connectivity index (χ1) is 14.1. The van der Waals surface area contributed by atoms with Crippen molar-refractivity contribution in [1.29, 1.82) is 0 Å². The van der Waals surface area contributed by atoms with Crippen LogP contribution in [0.2, 0.25) is 0 Å². The molecule has 2 aromatic heterocycles. The predicted octanol–water partition coefficient (Wildman–Crippen LogP) is 5.08. The Labute approximate surface area is 169 Å². The number of anilines is 2. The smallest absolute Gasteiger partial charge is 0.161 e. The molecule has 2 heterocycles. The van der Waals surface area contributed by atoms with Crippen LogP contribution in [0.15, 0.2) is 60.8 Å². The Balaban J connectivity index is 1.91. The monoisotopic (exact) mass is 389 g/mol. The molecule has 29 heavy (non-hydrogen) atoms. The third kappa shape index (κ3) is 3.45. The van der Waals surface area contributed by atoms with E-state index in [-0.39, 0.29) is 0 Å². The number of imidazole rings is 1. The Kier molecular flexibility index (Phi) is 4.99. The Hall–Kier alpha value is -3.67. The molecule has 6 nitrogen and oxygen atoms in total. The first kappa shape index (κ1) is 18.7. The van der Waals surface area contributed by atoms with Crippen molar-refractivity contribution in [3.63, 3.8) is 0 Å². The second-order valence-corrected chi connectivity index (χ2v) is 6.64. The topological polar surface area (TPSA) is 57.0 Å². The van der Waals surface area contributed by atoms with Gasteiger partial charge >= 0.3 is 0 Å². The molecule has 6 heteroatoms. The van der Waals surface area contributed by atoms with E-state index in [0.717, 1.165) is 39.7 Å². The van der Waals surface area contributed by atoms with E-state index in [0.29, 0.717) is 11.5 Å². The van der Waals surface area contributed by atoms with Gasteiger partial charge in [-0.1, -0.05) is 12.1 Å². The summed E-state index contributed by atoms with van der Waals surface area (Å²) in [5, 5.41) is 3.50. The zero-order valence-electron chi connectivity index (χ0n) is 16.9. The molecule has 0 unspecified atom stereocenters. The van der Waals surface area contributed by atoms with Crippen molar-refractivity contribution in [2.45, 2.75) is 6.92 Å². The summed E-state index contributed by atoms with van der Waals surface area (Å²) >= 11 is 0. The van der Waals surface area contributed by atoms with Crippen LogP contribution < -0.4 is 19.5 Å². The zero-order valence-corrected chi connectivity index (χ0v) is 16.9. The minimum absolute atomic E-state index is 0.654. The molecule has 0 amide bonds. The van der Waals surface area contributed by atoms with Gasteiger partial charge in [0, 0.05) is 11.8 Å². The number of pyridine rings is 1. The van der Waals surface area contributed by atoms with Gasteiger partial charge in [0.25, 0.3) is 0 Å². The van der Waals surface area contributed by atoms with Gasteiger partial charge in [-0.05, 0) is 55.0 Å². The summed E-state index contributed by atoms with van der Waals surface area (Å²) in [7, 11) is 4.91. The average Bonchev–Trinajstić information content (AvgIpc) is 3.10. The van der Waals surface area contributed by atoms with Crippen LogP contribution in [0, 0.1) is 6.92 Å². The lowest BCUT2D eigenvalue weighted by Crippen LogP contribution is -1.99. The van der Waals surface area contributed by atoms with Crippen molar-refractivity contribution in [2.24, 2.45) is 0 Å². The summed E-state index contributed by atoms with van der Waals surface area (Å²) < 4.78 is 18.4. The van der Waals surface area contributed by atoms with Crippen molar-refractivity contribution < 1.29 is 14.2 Å². The number of hydrogen-bond acceptors (Lipinski definition) is 5. The minimum Gasteiger partial charge on any atom is -0.495 e. The van der Waals surface area contributed by atoms with Crippen molar-refractivity contribution in [3.05, 3.63) is 66.4 Å². The molecular weight excluding hydrogens is 366 g/mol. The van der Waals surface area contributed by atoms with Gasteiger partial charge in [-0.2, -0.15) is 0 Å². The molecule has 0 spiro atoms. The highest BCUT2D eigenvalue weighted by Gasteiger charge is 2.17. The van der Waals surface area contributed by atoms with E-state index >= 15 is 0 Å². The summed E-state index contributed by atoms with van der Waals surface area (Å²) in [5.74, 6) is 2.93. The lowest BCUT2D eigenvalue weighted by Gasteiger charge is -2.13. The van der Waals surface area contributed by atoms with Gasteiger partial charge in [-0.15, -0.1) is 0 Å². The molecule has 0 radical (unpaired) electrons. The molecule has 0 bridgehead atoms. The fourth-order valence-electron chi connectivity index (χ4n) is 3.33. The van der Waals surface area contributed by atoms with Crippen LogP contribution in [-0.2, 0) is 0 Å². The van der Waals surface area contributed by atoms with Gasteiger partial charge in [-0.3, -0.25) is 4.40 Å². The first-order valence-corrected chi connectivity index (χ1v) is 9.25. The number of aryl methyl sites for hydroxylation is 1. The first-order valence-electron chi connectivity index (χ1n) is 9.25. The Bertz CT molecular complexity index is 1170. The highest BCUT2D eigenvalue weighted by molar-refractivity contribution is 5.82. The molecular formula is C23H23N3O3. The second-order valence-electron chi connectivity index (χ2n) is 6.64. The Morgan fingerprint density at radius 2 is 1.59 bits per heavy atom. The van der Waals surface area contributed by atoms with Gasteiger partial charge in [0.1, 0.15) is 22.9 Å². The zero-order chi connectivity index (χ0) is 20.4. The molecule has 148 valence electrons. The summed E-state index contributed by atoms with van der Waals surface area (Å²) in [6, 6.07) is 17.7. The lowest BCUT2D eigenvalue weighted by molar-refractivity contribution is 0.355. The van der Waals surface area contributed by atoms with Crippen molar-refractivity contribution in [1.82, 2.24) is 9.38 Å². The number of para-hydroxylation sites is 2. The van der Waals surface area contributed by atoms with Crippen LogP contribution >= 0.6 is 0 Å². The summed E-state index contributed by atoms with van der Waals surface area (Å²) in [6.45, 7) is 2.05. The number of fused-ring (bicyclic) bond motifs is 1. The maximum Gasteiger partial charge on any atom is 0.161 e. The van der Waals surface area contributed by atoms with E-state index in [4.69, 9.17) is 19.2 Å². The molecule has 1 N–H and O–H groups in total. The molecule has 0 aliphatic carbocycles. The normalized spacial score (nSPS) is 10.8. The molecule has 0 atom stereocenters. The summed E-state index contributed by atoms with van der Waals surface area (Å²) in [4.78, 5) is 4.89. The fraction of sp³-hybridized carbons (Fsp3) is 0.174. The van der Waals surface area contributed by atoms with Gasteiger partial charge in [0.2, 0.25) is 0 Å². The van der Waals surface area contributed by atoms with Crippen LogP contribution in [0.5, 0.6) is 17.2 Å². The third-order valence-corrected chi connectivity index (χ3v) is 4.80. The molecule has 0 aliphatic rings. The molecule has 0 saturated heterocycles. The number of benzene rings is 2. The van der Waals surface area contributed by atoms with Crippen LogP contribution in [0.3, 0.4) is 0 Å². The van der Waals surface area contributed by atoms with E-state index in [1.807, 2.05) is 53.1 Å². The quantitative estimate of drug-likeness (QED) is 0.498. The van der Waals surface area contributed by atoms with Crippen LogP contribution in [-0.4, -0.2) is 30.7 Å². The standard InChI is InChI=1S/C23H23N3O3/c1-15-11-12-26-21(13-15)25-22(16-9-10-19(28-3)20(14-16)29-4)23(26)24-17-7-5-6-8-18(17)27-2/h5-14,24H,1-4H3. The molecule has 4 rings (SSSR count). The largest absolute Gasteiger partial charge is 0.495 e. The highest BCUT2D eigenvalue weighted by atomic mass is 16.5. The molecule has 2 aromatic carbocycles.